The van der Waals surface area contributed by atoms with E-state index in [0.29, 0.717) is 18.7 Å². The molecule has 0 bridgehead atoms. The van der Waals surface area contributed by atoms with Gasteiger partial charge in [0.1, 0.15) is 5.54 Å². The molecule has 4 rings (SSSR count). The third-order valence-corrected chi connectivity index (χ3v) is 5.44. The van der Waals surface area contributed by atoms with Crippen molar-refractivity contribution in [3.05, 3.63) is 47.8 Å². The van der Waals surface area contributed by atoms with Crippen LogP contribution in [0.1, 0.15) is 41.6 Å². The summed E-state index contributed by atoms with van der Waals surface area (Å²) in [5.41, 5.74) is 1.89. The third-order valence-electron chi connectivity index (χ3n) is 5.44. The van der Waals surface area contributed by atoms with Crippen LogP contribution in [0.2, 0.25) is 0 Å². The van der Waals surface area contributed by atoms with Gasteiger partial charge in [-0.05, 0) is 44.7 Å². The molecule has 8 heteroatoms. The Kier molecular flexibility index (Phi) is 5.77. The first kappa shape index (κ1) is 19.6. The van der Waals surface area contributed by atoms with Crippen LogP contribution in [0.5, 0.6) is 0 Å². The zero-order chi connectivity index (χ0) is 20.1. The zero-order valence-corrected chi connectivity index (χ0v) is 15.8. The molecule has 2 aliphatic heterocycles. The van der Waals surface area contributed by atoms with E-state index in [1.807, 2.05) is 36.1 Å². The second-order valence-corrected chi connectivity index (χ2v) is 7.08. The Morgan fingerprint density at radius 2 is 1.86 bits per heavy atom. The van der Waals surface area contributed by atoms with Gasteiger partial charge in [0.15, 0.2) is 0 Å². The summed E-state index contributed by atoms with van der Waals surface area (Å²) in [6.45, 7) is 3.11. The van der Waals surface area contributed by atoms with E-state index in [2.05, 4.69) is 10.2 Å². The first-order valence-corrected chi connectivity index (χ1v) is 9.31. The van der Waals surface area contributed by atoms with Crippen molar-refractivity contribution in [1.82, 2.24) is 15.1 Å². The van der Waals surface area contributed by atoms with Crippen LogP contribution in [0.15, 0.2) is 36.7 Å². The maximum absolute atomic E-state index is 13.4. The molecule has 3 heterocycles. The molecular formula is C20H24N4O4. The lowest BCUT2D eigenvalue weighted by Crippen LogP contribution is -2.61. The van der Waals surface area contributed by atoms with E-state index in [0.717, 1.165) is 31.4 Å². The fourth-order valence-corrected chi connectivity index (χ4v) is 4.14. The quantitative estimate of drug-likeness (QED) is 0.772. The van der Waals surface area contributed by atoms with Crippen LogP contribution in [-0.2, 0) is 9.59 Å². The van der Waals surface area contributed by atoms with E-state index in [1.165, 1.54) is 11.8 Å². The molecule has 2 N–H and O–H groups in total. The second kappa shape index (κ2) is 8.24. The highest BCUT2D eigenvalue weighted by Gasteiger charge is 2.53. The number of aromatic nitrogens is 2. The predicted molar refractivity (Wildman–Crippen MR) is 103 cm³/mol. The second-order valence-electron chi connectivity index (χ2n) is 7.08. The van der Waals surface area contributed by atoms with E-state index < -0.39 is 5.54 Å². The number of hydrogen-bond acceptors (Lipinski definition) is 4. The van der Waals surface area contributed by atoms with Crippen LogP contribution in [0.3, 0.4) is 0 Å². The topological polar surface area (TPSA) is 107 Å². The molecule has 1 aromatic heterocycles. The minimum Gasteiger partial charge on any atom is -0.483 e. The van der Waals surface area contributed by atoms with Gasteiger partial charge in [-0.2, -0.15) is 5.10 Å². The molecule has 1 unspecified atom stereocenters. The van der Waals surface area contributed by atoms with Gasteiger partial charge < -0.3 is 14.9 Å². The molecule has 2 aliphatic rings. The number of anilines is 1. The fourth-order valence-electron chi connectivity index (χ4n) is 4.14. The number of aryl methyl sites for hydroxylation is 1. The van der Waals surface area contributed by atoms with Gasteiger partial charge in [0.2, 0.25) is 0 Å². The smallest absolute Gasteiger partial charge is 0.290 e. The van der Waals surface area contributed by atoms with Crippen molar-refractivity contribution in [3.63, 3.8) is 0 Å². The van der Waals surface area contributed by atoms with Gasteiger partial charge in [0.25, 0.3) is 18.3 Å². The summed E-state index contributed by atoms with van der Waals surface area (Å²) >= 11 is 0. The molecule has 8 nitrogen and oxygen atoms in total. The first-order valence-electron chi connectivity index (χ1n) is 9.31. The number of carbonyl (C=O) groups excluding carboxylic acids is 2. The molecule has 1 aromatic carbocycles. The monoisotopic (exact) mass is 384 g/mol. The van der Waals surface area contributed by atoms with E-state index in [4.69, 9.17) is 9.90 Å². The molecule has 2 aromatic rings. The van der Waals surface area contributed by atoms with Crippen LogP contribution in [0.4, 0.5) is 5.69 Å². The summed E-state index contributed by atoms with van der Waals surface area (Å²) in [6.07, 6.45) is 6.35. The number of nitrogens with zero attached hydrogens (tertiary/aromatic N) is 3. The summed E-state index contributed by atoms with van der Waals surface area (Å²) in [5, 5.41) is 13.4. The van der Waals surface area contributed by atoms with Crippen LogP contribution < -0.4 is 4.90 Å². The van der Waals surface area contributed by atoms with Crippen molar-refractivity contribution >= 4 is 24.0 Å². The Morgan fingerprint density at radius 1 is 1.21 bits per heavy atom. The number of likely N-dealkylation sites (tertiary alicyclic amines) is 1. The summed E-state index contributed by atoms with van der Waals surface area (Å²) in [5.74, 6) is -0.0534. The van der Waals surface area contributed by atoms with Crippen molar-refractivity contribution < 1.29 is 19.5 Å². The molecule has 2 fully saturated rings. The lowest BCUT2D eigenvalue weighted by atomic mass is 9.84. The Hall–Kier alpha value is -3.16. The summed E-state index contributed by atoms with van der Waals surface area (Å²) < 4.78 is 0. The highest BCUT2D eigenvalue weighted by molar-refractivity contribution is 6.05. The van der Waals surface area contributed by atoms with Gasteiger partial charge in [-0.15, -0.1) is 0 Å². The Labute approximate surface area is 163 Å². The number of rotatable bonds is 2. The molecule has 0 aliphatic carbocycles. The van der Waals surface area contributed by atoms with Crippen LogP contribution in [0, 0.1) is 6.92 Å². The standard InChI is InChI=1S/C19H22N4O2.CH2O2/c1-14-4-6-16(7-5-14)22-10-2-8-19(18(22)25)9-3-11-23(19)17(24)15-12-20-21-13-15;2-1-3/h4-7,12-13H,2-3,8-11H2,1H3,(H,20,21);1H,(H,2,3). The van der Waals surface area contributed by atoms with Gasteiger partial charge in [0, 0.05) is 25.0 Å². The molecule has 2 saturated heterocycles. The summed E-state index contributed by atoms with van der Waals surface area (Å²) in [4.78, 5) is 38.3. The maximum Gasteiger partial charge on any atom is 0.290 e. The Morgan fingerprint density at radius 3 is 2.46 bits per heavy atom. The van der Waals surface area contributed by atoms with E-state index in [-0.39, 0.29) is 18.3 Å². The molecule has 1 atom stereocenters. The van der Waals surface area contributed by atoms with Gasteiger partial charge in [-0.3, -0.25) is 19.5 Å². The Balaban J connectivity index is 0.000000706. The van der Waals surface area contributed by atoms with Crippen LogP contribution >= 0.6 is 0 Å². The van der Waals surface area contributed by atoms with Gasteiger partial charge in [-0.25, -0.2) is 0 Å². The van der Waals surface area contributed by atoms with Crippen LogP contribution in [-0.4, -0.2) is 57.1 Å². The SMILES string of the molecule is Cc1ccc(N2CCCC3(CCCN3C(=O)c3cn[nH]c3)C2=O)cc1.O=CO. The van der Waals surface area contributed by atoms with Crippen molar-refractivity contribution in [1.29, 1.82) is 0 Å². The lowest BCUT2D eigenvalue weighted by molar-refractivity contribution is -0.130. The highest BCUT2D eigenvalue weighted by Crippen LogP contribution is 2.40. The molecule has 28 heavy (non-hydrogen) atoms. The molecule has 0 radical (unpaired) electrons. The highest BCUT2D eigenvalue weighted by atomic mass is 16.3. The number of nitrogens with one attached hydrogen (secondary N) is 1. The van der Waals surface area contributed by atoms with Crippen molar-refractivity contribution in [2.24, 2.45) is 0 Å². The van der Waals surface area contributed by atoms with E-state index in [1.54, 1.807) is 11.1 Å². The maximum atomic E-state index is 13.4. The molecule has 1 spiro atoms. The average molecular weight is 384 g/mol. The van der Waals surface area contributed by atoms with Crippen molar-refractivity contribution in [3.8, 4) is 0 Å². The third kappa shape index (κ3) is 3.49. The normalized spacial score (nSPS) is 21.4. The number of H-pyrrole nitrogens is 1. The molecular weight excluding hydrogens is 360 g/mol. The van der Waals surface area contributed by atoms with Crippen LogP contribution in [0.25, 0.3) is 0 Å². The fraction of sp³-hybridized carbons (Fsp3) is 0.400. The van der Waals surface area contributed by atoms with Crippen molar-refractivity contribution in [2.75, 3.05) is 18.0 Å². The van der Waals surface area contributed by atoms with Gasteiger partial charge in [-0.1, -0.05) is 17.7 Å². The number of carboxylic acid groups (broad SMARTS) is 1. The van der Waals surface area contributed by atoms with Gasteiger partial charge in [0.05, 0.1) is 11.8 Å². The molecule has 0 saturated carbocycles. The number of amides is 2. The zero-order valence-electron chi connectivity index (χ0n) is 15.8. The van der Waals surface area contributed by atoms with E-state index >= 15 is 0 Å². The minimum absolute atomic E-state index is 0.0527. The van der Waals surface area contributed by atoms with Crippen molar-refractivity contribution in [2.45, 2.75) is 38.1 Å². The number of hydrogen-bond donors (Lipinski definition) is 2. The minimum atomic E-state index is -0.711. The predicted octanol–water partition coefficient (Wildman–Crippen LogP) is 2.22. The number of aromatic amines is 1. The van der Waals surface area contributed by atoms with E-state index in [9.17, 15) is 9.59 Å². The first-order chi connectivity index (χ1) is 13.5. The molecule has 148 valence electrons. The Bertz CT molecular complexity index is 834. The average Bonchev–Trinajstić information content (AvgIpc) is 3.36. The summed E-state index contributed by atoms with van der Waals surface area (Å²) in [6, 6.07) is 8.02. The molecule has 2 amide bonds. The number of benzene rings is 1. The lowest BCUT2D eigenvalue weighted by Gasteiger charge is -2.44. The number of carbonyl (C=O) groups is 3. The summed E-state index contributed by atoms with van der Waals surface area (Å²) in [7, 11) is 0. The van der Waals surface area contributed by atoms with Gasteiger partial charge >= 0.3 is 0 Å². The largest absolute Gasteiger partial charge is 0.483 e. The number of piperidine rings is 1.